The highest BCUT2D eigenvalue weighted by molar-refractivity contribution is 6.03. The second-order valence-corrected chi connectivity index (χ2v) is 17.5. The van der Waals surface area contributed by atoms with Crippen LogP contribution in [0.25, 0.3) is 0 Å². The molecule has 3 aromatic carbocycles. The van der Waals surface area contributed by atoms with Gasteiger partial charge >= 0.3 is 0 Å². The van der Waals surface area contributed by atoms with Gasteiger partial charge in [0.25, 0.3) is 5.69 Å². The van der Waals surface area contributed by atoms with Gasteiger partial charge in [0.05, 0.1) is 23.2 Å². The van der Waals surface area contributed by atoms with E-state index in [1.807, 2.05) is 25.2 Å². The van der Waals surface area contributed by atoms with E-state index in [0.29, 0.717) is 53.5 Å². The van der Waals surface area contributed by atoms with Crippen molar-refractivity contribution in [3.05, 3.63) is 124 Å². The maximum Gasteiger partial charge on any atom is 0.269 e. The number of benzene rings is 3. The van der Waals surface area contributed by atoms with Crippen molar-refractivity contribution in [2.45, 2.75) is 114 Å². The van der Waals surface area contributed by atoms with Crippen LogP contribution in [0.4, 0.5) is 10.1 Å². The molecule has 2 fully saturated rings. The number of oxime groups is 1. The summed E-state index contributed by atoms with van der Waals surface area (Å²) >= 11 is 0. The van der Waals surface area contributed by atoms with E-state index in [-0.39, 0.29) is 74.6 Å². The number of nitrogens with zero attached hydrogens (tertiary/aromatic N) is 3. The maximum atomic E-state index is 14.7. The Bertz CT molecular complexity index is 2100. The summed E-state index contributed by atoms with van der Waals surface area (Å²) in [6.45, 7) is 4.39. The second-order valence-electron chi connectivity index (χ2n) is 17.5. The number of hydrogen-bond donors (Lipinski definition) is 2. The number of amides is 1. The summed E-state index contributed by atoms with van der Waals surface area (Å²) in [6.07, 6.45) is 14.5. The number of ether oxygens (including phenoxy) is 3. The van der Waals surface area contributed by atoms with Crippen molar-refractivity contribution in [3.8, 4) is 11.5 Å². The van der Waals surface area contributed by atoms with Crippen molar-refractivity contribution in [1.82, 2.24) is 4.90 Å². The van der Waals surface area contributed by atoms with E-state index in [9.17, 15) is 29.5 Å². The number of halogens is 1. The summed E-state index contributed by atoms with van der Waals surface area (Å²) in [7, 11) is 1.83. The molecule has 2 N–H and O–H groups in total. The summed E-state index contributed by atoms with van der Waals surface area (Å²) in [4.78, 5) is 33.2. The fourth-order valence-electron chi connectivity index (χ4n) is 10.5. The average molecular weight is 868 g/mol. The molecule has 6 unspecified atom stereocenters. The summed E-state index contributed by atoms with van der Waals surface area (Å²) in [5.74, 6) is -0.760. The molecule has 12 nitrogen and oxygen atoms in total. The molecular formula is C50H62FN3O9. The first kappa shape index (κ1) is 45.9. The molecule has 4 aliphatic rings. The standard InChI is InChI=1S/C50H62FN3O9/c1-3-28-61-50-46(53(2)47(57)25-20-34-12-4-5-13-34)31-44(52-62-32-35-18-21-38(22-19-35)54(58)59)41-29-36(14-8-10-26-55)40(16-9-11-27-56)48(49(41)50)42-30-39(23-24-45(42)63-50)60-33-37-15-6-7-17-43(37)51/h3,6-7,15,17-19,21-24,29-30,34,36,40,46,48-49,55-56H,1,4-5,8-14,16,20,25-28,31-33H2,2H3. The van der Waals surface area contributed by atoms with Gasteiger partial charge in [-0.05, 0) is 97.4 Å². The monoisotopic (exact) mass is 867 g/mol. The third kappa shape index (κ3) is 10.5. The highest BCUT2D eigenvalue weighted by atomic mass is 19.1. The number of aliphatic hydroxyl groups excluding tert-OH is 2. The smallest absolute Gasteiger partial charge is 0.269 e. The maximum absolute atomic E-state index is 14.7. The zero-order valence-corrected chi connectivity index (χ0v) is 36.4. The lowest BCUT2D eigenvalue weighted by molar-refractivity contribution is -0.384. The van der Waals surface area contributed by atoms with Crippen LogP contribution in [-0.2, 0) is 27.6 Å². The second kappa shape index (κ2) is 21.5. The van der Waals surface area contributed by atoms with E-state index in [4.69, 9.17) is 24.2 Å². The van der Waals surface area contributed by atoms with Gasteiger partial charge < -0.3 is 34.2 Å². The van der Waals surface area contributed by atoms with Gasteiger partial charge in [0.15, 0.2) is 0 Å². The van der Waals surface area contributed by atoms with Crippen LogP contribution >= 0.6 is 0 Å². The molecule has 7 rings (SSSR count). The molecule has 2 saturated carbocycles. The minimum atomic E-state index is -1.38. The Hall–Kier alpha value is -5.11. The fraction of sp³-hybridized carbons (Fsp3) is 0.520. The van der Waals surface area contributed by atoms with Gasteiger partial charge in [0.1, 0.15) is 36.6 Å². The lowest BCUT2D eigenvalue weighted by atomic mass is 9.55. The van der Waals surface area contributed by atoms with Crippen LogP contribution in [-0.4, -0.2) is 70.4 Å². The molecule has 0 aromatic heterocycles. The van der Waals surface area contributed by atoms with Gasteiger partial charge in [-0.2, -0.15) is 0 Å². The number of nitro benzene ring substituents is 1. The van der Waals surface area contributed by atoms with E-state index in [0.717, 1.165) is 56.1 Å². The van der Waals surface area contributed by atoms with Crippen LogP contribution in [0.2, 0.25) is 0 Å². The van der Waals surface area contributed by atoms with E-state index in [1.165, 1.54) is 31.0 Å². The Morgan fingerprint density at radius 3 is 2.48 bits per heavy atom. The summed E-state index contributed by atoms with van der Waals surface area (Å²) < 4.78 is 35.3. The van der Waals surface area contributed by atoms with Crippen molar-refractivity contribution < 1.29 is 43.4 Å². The number of non-ortho nitro benzene ring substituents is 1. The van der Waals surface area contributed by atoms with Crippen molar-refractivity contribution in [2.24, 2.45) is 28.8 Å². The Labute approximate surface area is 369 Å². The number of aliphatic hydroxyl groups is 2. The van der Waals surface area contributed by atoms with Crippen LogP contribution < -0.4 is 9.47 Å². The quantitative estimate of drug-likeness (QED) is 0.0435. The number of nitro groups is 1. The van der Waals surface area contributed by atoms with Crippen LogP contribution in [0.15, 0.2) is 96.2 Å². The number of allylic oxidation sites excluding steroid dienone is 1. The number of carbonyl (C=O) groups excluding carboxylic acids is 1. The molecule has 3 aromatic rings. The first-order valence-electron chi connectivity index (χ1n) is 22.7. The van der Waals surface area contributed by atoms with Gasteiger partial charge in [0.2, 0.25) is 11.7 Å². The van der Waals surface area contributed by atoms with E-state index in [1.54, 1.807) is 41.3 Å². The van der Waals surface area contributed by atoms with Crippen molar-refractivity contribution >= 4 is 17.3 Å². The number of likely N-dealkylation sites (N-methyl/N-ethyl adjacent to an activating group) is 1. The molecule has 1 amide bonds. The van der Waals surface area contributed by atoms with Gasteiger partial charge in [-0.1, -0.05) is 74.0 Å². The number of rotatable bonds is 22. The highest BCUT2D eigenvalue weighted by Crippen LogP contribution is 2.62. The molecule has 63 heavy (non-hydrogen) atoms. The number of fused-ring (bicyclic) bond motifs is 2. The molecule has 3 aliphatic carbocycles. The van der Waals surface area contributed by atoms with Crippen LogP contribution in [0, 0.1) is 39.6 Å². The first-order valence-corrected chi connectivity index (χ1v) is 22.7. The van der Waals surface area contributed by atoms with E-state index in [2.05, 4.69) is 12.7 Å². The fourth-order valence-corrected chi connectivity index (χ4v) is 10.5. The Morgan fingerprint density at radius 1 is 1.02 bits per heavy atom. The Kier molecular flexibility index (Phi) is 15.7. The van der Waals surface area contributed by atoms with Crippen molar-refractivity contribution in [3.63, 3.8) is 0 Å². The minimum Gasteiger partial charge on any atom is -0.489 e. The predicted molar refractivity (Wildman–Crippen MR) is 238 cm³/mol. The lowest BCUT2D eigenvalue weighted by Crippen LogP contribution is -2.69. The molecule has 0 radical (unpaired) electrons. The third-order valence-corrected chi connectivity index (χ3v) is 13.7. The largest absolute Gasteiger partial charge is 0.489 e. The molecule has 13 heteroatoms. The summed E-state index contributed by atoms with van der Waals surface area (Å²) in [6, 6.07) is 17.8. The molecule has 0 bridgehead atoms. The molecule has 6 atom stereocenters. The molecule has 0 saturated heterocycles. The molecule has 1 heterocycles. The van der Waals surface area contributed by atoms with Crippen LogP contribution in [0.1, 0.15) is 106 Å². The number of hydrogen-bond acceptors (Lipinski definition) is 10. The first-order chi connectivity index (χ1) is 30.7. The predicted octanol–water partition coefficient (Wildman–Crippen LogP) is 9.58. The zero-order valence-electron chi connectivity index (χ0n) is 36.4. The normalized spacial score (nSPS) is 24.5. The Balaban J connectivity index is 1.35. The van der Waals surface area contributed by atoms with Gasteiger partial charge in [-0.25, -0.2) is 4.39 Å². The van der Waals surface area contributed by atoms with Crippen molar-refractivity contribution in [1.29, 1.82) is 0 Å². The molecule has 338 valence electrons. The zero-order chi connectivity index (χ0) is 44.3. The Morgan fingerprint density at radius 2 is 1.76 bits per heavy atom. The van der Waals surface area contributed by atoms with Gasteiger partial charge in [-0.15, -0.1) is 6.58 Å². The highest BCUT2D eigenvalue weighted by Gasteiger charge is 2.65. The van der Waals surface area contributed by atoms with E-state index < -0.39 is 22.7 Å². The van der Waals surface area contributed by atoms with Gasteiger partial charge in [0, 0.05) is 62.3 Å². The van der Waals surface area contributed by atoms with E-state index >= 15 is 0 Å². The lowest BCUT2D eigenvalue weighted by Gasteiger charge is -2.59. The molecular weight excluding hydrogens is 806 g/mol. The average Bonchev–Trinajstić information content (AvgIpc) is 3.82. The summed E-state index contributed by atoms with van der Waals surface area (Å²) in [5.41, 5.74) is 3.57. The number of unbranched alkanes of at least 4 members (excludes halogenated alkanes) is 2. The van der Waals surface area contributed by atoms with Crippen LogP contribution in [0.5, 0.6) is 11.5 Å². The topological polar surface area (TPSA) is 153 Å². The van der Waals surface area contributed by atoms with Gasteiger partial charge in [-0.3, -0.25) is 14.9 Å². The summed E-state index contributed by atoms with van der Waals surface area (Å²) in [5, 5.41) is 36.0. The number of carbonyl (C=O) groups is 1. The molecule has 1 aliphatic heterocycles. The SMILES string of the molecule is C=CCOC12Oc3ccc(OCc4ccccc4F)cc3C3C(CCCCO)C(CCCCO)C=C(C(=NOCc4ccc([N+](=O)[O-])cc4)CC1N(C)C(=O)CCC1CCCC1)C32. The molecule has 0 spiro atoms. The van der Waals surface area contributed by atoms with Crippen LogP contribution in [0.3, 0.4) is 0 Å². The third-order valence-electron chi connectivity index (χ3n) is 13.7. The van der Waals surface area contributed by atoms with Crippen molar-refractivity contribution in [2.75, 3.05) is 26.9 Å². The minimum absolute atomic E-state index is 0.00733.